The molecule has 0 aromatic heterocycles. The van der Waals surface area contributed by atoms with Gasteiger partial charge in [-0.2, -0.15) is 0 Å². The maximum Gasteiger partial charge on any atom is 0.0471 e. The molecule has 1 atom stereocenters. The quantitative estimate of drug-likeness (QED) is 0.686. The van der Waals surface area contributed by atoms with Gasteiger partial charge >= 0.3 is 0 Å². The molecule has 0 bridgehead atoms. The van der Waals surface area contributed by atoms with E-state index in [0.717, 1.165) is 24.1 Å². The first-order chi connectivity index (χ1) is 8.91. The Bertz CT molecular complexity index is 482. The topological polar surface area (TPSA) is 12.0 Å². The van der Waals surface area contributed by atoms with Crippen LogP contribution in [0.25, 0.3) is 5.70 Å². The largest absolute Gasteiger partial charge is 0.379 e. The highest BCUT2D eigenvalue weighted by atomic mass is 14.9. The number of hydrogen-bond acceptors (Lipinski definition) is 1. The normalized spacial score (nSPS) is 11.7. The number of allylic oxidation sites excluding steroid dienone is 1. The monoisotopic (exact) mass is 255 g/mol. The van der Waals surface area contributed by atoms with Crippen LogP contribution in [0.2, 0.25) is 0 Å². The number of aryl methyl sites for hydroxylation is 1. The predicted molar refractivity (Wildman–Crippen MR) is 86.0 cm³/mol. The van der Waals surface area contributed by atoms with Gasteiger partial charge in [0.2, 0.25) is 0 Å². The van der Waals surface area contributed by atoms with Crippen molar-refractivity contribution >= 4 is 5.70 Å². The molecule has 0 aliphatic carbocycles. The maximum absolute atomic E-state index is 4.16. The van der Waals surface area contributed by atoms with Crippen molar-refractivity contribution in [3.05, 3.63) is 66.3 Å². The summed E-state index contributed by atoms with van der Waals surface area (Å²) in [6.07, 6.45) is 2.02. The molecule has 0 heterocycles. The molecule has 1 aromatic rings. The van der Waals surface area contributed by atoms with Gasteiger partial charge in [0.25, 0.3) is 0 Å². The predicted octanol–water partition coefficient (Wildman–Crippen LogP) is 4.86. The molecular weight excluding hydrogens is 230 g/mol. The summed E-state index contributed by atoms with van der Waals surface area (Å²) in [6, 6.07) is 8.54. The Morgan fingerprint density at radius 1 is 1.16 bits per heavy atom. The van der Waals surface area contributed by atoms with Gasteiger partial charge in [-0.3, -0.25) is 0 Å². The Labute approximate surface area is 117 Å². The highest BCUT2D eigenvalue weighted by molar-refractivity contribution is 5.65. The molecule has 102 valence electrons. The molecule has 1 N–H and O–H groups in total. The van der Waals surface area contributed by atoms with Gasteiger partial charge in [-0.1, -0.05) is 48.6 Å². The van der Waals surface area contributed by atoms with Crippen LogP contribution in [0.5, 0.6) is 0 Å². The lowest BCUT2D eigenvalue weighted by Gasteiger charge is -2.22. The summed E-state index contributed by atoms with van der Waals surface area (Å²) in [7, 11) is 0. The standard InChI is InChI=1S/C18H25N/c1-13(2)11-12-18(14(3)4)19-16(6)17-10-8-7-9-15(17)5/h7-10,18-19H,1,3,6,11-12H2,2,4-5H3. The minimum Gasteiger partial charge on any atom is -0.379 e. The van der Waals surface area contributed by atoms with Crippen LogP contribution in [-0.2, 0) is 0 Å². The molecule has 0 saturated heterocycles. The average molecular weight is 255 g/mol. The second-order valence-corrected chi connectivity index (χ2v) is 5.33. The van der Waals surface area contributed by atoms with Crippen LogP contribution in [0.1, 0.15) is 37.8 Å². The molecule has 1 rings (SSSR count). The van der Waals surface area contributed by atoms with Gasteiger partial charge in [0.15, 0.2) is 0 Å². The first-order valence-corrected chi connectivity index (χ1v) is 6.73. The van der Waals surface area contributed by atoms with Crippen LogP contribution in [0, 0.1) is 6.92 Å². The second-order valence-electron chi connectivity index (χ2n) is 5.33. The molecule has 1 aromatic carbocycles. The maximum atomic E-state index is 4.16. The van der Waals surface area contributed by atoms with Crippen molar-refractivity contribution in [1.82, 2.24) is 5.32 Å². The van der Waals surface area contributed by atoms with Crippen molar-refractivity contribution in [2.45, 2.75) is 39.7 Å². The van der Waals surface area contributed by atoms with Crippen LogP contribution in [-0.4, -0.2) is 6.04 Å². The molecule has 1 heteroatoms. The zero-order valence-electron chi connectivity index (χ0n) is 12.4. The highest BCUT2D eigenvalue weighted by Crippen LogP contribution is 2.18. The number of rotatable bonds is 7. The summed E-state index contributed by atoms with van der Waals surface area (Å²) in [6.45, 7) is 18.4. The summed E-state index contributed by atoms with van der Waals surface area (Å²) in [4.78, 5) is 0. The van der Waals surface area contributed by atoms with E-state index in [1.54, 1.807) is 0 Å². The Hall–Kier alpha value is -1.76. The van der Waals surface area contributed by atoms with E-state index in [9.17, 15) is 0 Å². The molecule has 1 nitrogen and oxygen atoms in total. The van der Waals surface area contributed by atoms with Crippen LogP contribution in [0.3, 0.4) is 0 Å². The molecule has 0 aliphatic heterocycles. The van der Waals surface area contributed by atoms with E-state index >= 15 is 0 Å². The lowest BCUT2D eigenvalue weighted by molar-refractivity contribution is 0.619. The summed E-state index contributed by atoms with van der Waals surface area (Å²) >= 11 is 0. The minimum absolute atomic E-state index is 0.254. The molecule has 0 spiro atoms. The van der Waals surface area contributed by atoms with E-state index in [0.29, 0.717) is 0 Å². The summed E-state index contributed by atoms with van der Waals surface area (Å²) < 4.78 is 0. The lowest BCUT2D eigenvalue weighted by Crippen LogP contribution is -2.28. The molecule has 0 amide bonds. The van der Waals surface area contributed by atoms with E-state index in [-0.39, 0.29) is 6.04 Å². The SMILES string of the molecule is C=C(C)CCC(NC(=C)c1ccccc1C)C(=C)C. The highest BCUT2D eigenvalue weighted by Gasteiger charge is 2.11. The van der Waals surface area contributed by atoms with Crippen molar-refractivity contribution in [3.8, 4) is 0 Å². The van der Waals surface area contributed by atoms with Crippen LogP contribution in [0.15, 0.2) is 55.1 Å². The minimum atomic E-state index is 0.254. The van der Waals surface area contributed by atoms with E-state index in [2.05, 4.69) is 58.0 Å². The van der Waals surface area contributed by atoms with Crippen LogP contribution >= 0.6 is 0 Å². The molecular formula is C18H25N. The van der Waals surface area contributed by atoms with Crippen molar-refractivity contribution in [2.75, 3.05) is 0 Å². The van der Waals surface area contributed by atoms with E-state index in [4.69, 9.17) is 0 Å². The first kappa shape index (κ1) is 15.3. The molecule has 1 unspecified atom stereocenters. The molecule has 0 radical (unpaired) electrons. The van der Waals surface area contributed by atoms with Gasteiger partial charge in [0, 0.05) is 11.7 Å². The van der Waals surface area contributed by atoms with Crippen molar-refractivity contribution in [3.63, 3.8) is 0 Å². The fourth-order valence-corrected chi connectivity index (χ4v) is 2.03. The van der Waals surface area contributed by atoms with Gasteiger partial charge in [-0.15, -0.1) is 6.58 Å². The fraction of sp³-hybridized carbons (Fsp3) is 0.333. The Morgan fingerprint density at radius 3 is 2.32 bits per heavy atom. The van der Waals surface area contributed by atoms with Gasteiger partial charge < -0.3 is 5.32 Å². The van der Waals surface area contributed by atoms with Gasteiger partial charge in [-0.25, -0.2) is 0 Å². The molecule has 0 fully saturated rings. The van der Waals surface area contributed by atoms with Crippen molar-refractivity contribution in [1.29, 1.82) is 0 Å². The van der Waals surface area contributed by atoms with Gasteiger partial charge in [-0.05, 0) is 44.7 Å². The molecule has 0 saturated carbocycles. The lowest BCUT2D eigenvalue weighted by atomic mass is 10.00. The van der Waals surface area contributed by atoms with Gasteiger partial charge in [0.1, 0.15) is 0 Å². The Balaban J connectivity index is 2.74. The number of benzene rings is 1. The van der Waals surface area contributed by atoms with Crippen molar-refractivity contribution < 1.29 is 0 Å². The number of hydrogen-bond donors (Lipinski definition) is 1. The number of nitrogens with one attached hydrogen (secondary N) is 1. The van der Waals surface area contributed by atoms with Crippen LogP contribution in [0.4, 0.5) is 0 Å². The van der Waals surface area contributed by atoms with Crippen molar-refractivity contribution in [2.24, 2.45) is 0 Å². The molecule has 19 heavy (non-hydrogen) atoms. The third kappa shape index (κ3) is 4.78. The fourth-order valence-electron chi connectivity index (χ4n) is 2.03. The second kappa shape index (κ2) is 6.98. The van der Waals surface area contributed by atoms with E-state index in [1.165, 1.54) is 16.7 Å². The third-order valence-corrected chi connectivity index (χ3v) is 3.27. The Morgan fingerprint density at radius 2 is 1.79 bits per heavy atom. The Kier molecular flexibility index (Phi) is 5.62. The molecule has 0 aliphatic rings. The van der Waals surface area contributed by atoms with Gasteiger partial charge in [0.05, 0.1) is 0 Å². The van der Waals surface area contributed by atoms with E-state index in [1.807, 2.05) is 12.1 Å². The zero-order chi connectivity index (χ0) is 14.4. The summed E-state index contributed by atoms with van der Waals surface area (Å²) in [5.74, 6) is 0. The first-order valence-electron chi connectivity index (χ1n) is 6.73. The zero-order valence-corrected chi connectivity index (χ0v) is 12.4. The van der Waals surface area contributed by atoms with E-state index < -0.39 is 0 Å². The summed E-state index contributed by atoms with van der Waals surface area (Å²) in [5.41, 5.74) is 5.71. The smallest absolute Gasteiger partial charge is 0.0471 e. The van der Waals surface area contributed by atoms with Crippen LogP contribution < -0.4 is 5.32 Å². The average Bonchev–Trinajstić information content (AvgIpc) is 2.34. The third-order valence-electron chi connectivity index (χ3n) is 3.27. The summed E-state index contributed by atoms with van der Waals surface area (Å²) in [5, 5.41) is 3.49.